The molecule has 0 aliphatic carbocycles. The maximum Gasteiger partial charge on any atom is 0.148 e. The number of piperidine rings is 1. The number of nitrogens with zero attached hydrogens (tertiary/aromatic N) is 1. The Morgan fingerprint density at radius 2 is 2.12 bits per heavy atom. The average molecular weight is 356 g/mol. The molecule has 2 aromatic rings. The Morgan fingerprint density at radius 3 is 2.85 bits per heavy atom. The van der Waals surface area contributed by atoms with Crippen LogP contribution in [-0.4, -0.2) is 38.1 Å². The summed E-state index contributed by atoms with van der Waals surface area (Å²) >= 11 is 0. The summed E-state index contributed by atoms with van der Waals surface area (Å²) < 4.78 is 10.8. The molecule has 1 saturated heterocycles. The molecular formula is C21H28N2O3. The maximum absolute atomic E-state index is 12.8. The van der Waals surface area contributed by atoms with Gasteiger partial charge in [0.05, 0.1) is 14.2 Å². The highest BCUT2D eigenvalue weighted by molar-refractivity contribution is 5.92. The first kappa shape index (κ1) is 18.6. The topological polar surface area (TPSA) is 60.5 Å². The average Bonchev–Trinajstić information content (AvgIpc) is 2.67. The summed E-state index contributed by atoms with van der Waals surface area (Å²) in [5, 5.41) is 4.37. The number of ketones is 1. The largest absolute Gasteiger partial charge is 0.497 e. The lowest BCUT2D eigenvalue weighted by molar-refractivity contribution is -0.119. The fourth-order valence-electron chi connectivity index (χ4n) is 3.98. The SMILES string of the molecule is CC[C@H]1CNCC[C@H]1CC(=O)Cc1ccnc2c(OC)cc(OC)cc12. The number of hydrogen-bond donors (Lipinski definition) is 1. The molecule has 0 bridgehead atoms. The first-order valence-corrected chi connectivity index (χ1v) is 9.38. The summed E-state index contributed by atoms with van der Waals surface area (Å²) in [7, 11) is 3.25. The minimum atomic E-state index is 0.296. The molecule has 26 heavy (non-hydrogen) atoms. The molecule has 5 heteroatoms. The van der Waals surface area contributed by atoms with Crippen LogP contribution < -0.4 is 14.8 Å². The van der Waals surface area contributed by atoms with Gasteiger partial charge in [0.25, 0.3) is 0 Å². The summed E-state index contributed by atoms with van der Waals surface area (Å²) in [5.41, 5.74) is 1.76. The second-order valence-corrected chi connectivity index (χ2v) is 7.04. The molecule has 1 aliphatic rings. The second-order valence-electron chi connectivity index (χ2n) is 7.04. The van der Waals surface area contributed by atoms with Crippen LogP contribution in [0.5, 0.6) is 11.5 Å². The number of ether oxygens (including phenoxy) is 2. The summed E-state index contributed by atoms with van der Waals surface area (Å²) in [6.07, 6.45) is 5.04. The predicted molar refractivity (Wildman–Crippen MR) is 103 cm³/mol. The smallest absolute Gasteiger partial charge is 0.148 e. The lowest BCUT2D eigenvalue weighted by Crippen LogP contribution is -2.37. The molecule has 0 unspecified atom stereocenters. The molecular weight excluding hydrogens is 328 g/mol. The van der Waals surface area contributed by atoms with E-state index in [0.717, 1.165) is 42.4 Å². The number of benzene rings is 1. The number of carbonyl (C=O) groups excluding carboxylic acids is 1. The van der Waals surface area contributed by atoms with E-state index < -0.39 is 0 Å². The molecule has 3 rings (SSSR count). The fraction of sp³-hybridized carbons (Fsp3) is 0.524. The van der Waals surface area contributed by atoms with Gasteiger partial charge in [-0.05, 0) is 49.0 Å². The number of methoxy groups -OCH3 is 2. The van der Waals surface area contributed by atoms with Crippen LogP contribution in [0, 0.1) is 11.8 Å². The Bertz CT molecular complexity index is 775. The Labute approximate surface area is 155 Å². The number of aromatic nitrogens is 1. The number of nitrogens with one attached hydrogen (secondary N) is 1. The number of hydrogen-bond acceptors (Lipinski definition) is 5. The van der Waals surface area contributed by atoms with E-state index in [-0.39, 0.29) is 0 Å². The highest BCUT2D eigenvalue weighted by Gasteiger charge is 2.25. The van der Waals surface area contributed by atoms with Crippen LogP contribution >= 0.6 is 0 Å². The normalized spacial score (nSPS) is 20.1. The molecule has 140 valence electrons. The van der Waals surface area contributed by atoms with Gasteiger partial charge in [-0.3, -0.25) is 9.78 Å². The van der Waals surface area contributed by atoms with Crippen molar-refractivity contribution in [1.29, 1.82) is 0 Å². The lowest BCUT2D eigenvalue weighted by atomic mass is 9.80. The number of Topliss-reactive ketones (excluding diaryl/α,β-unsaturated/α-hetero) is 1. The van der Waals surface area contributed by atoms with E-state index >= 15 is 0 Å². The third-order valence-corrected chi connectivity index (χ3v) is 5.50. The molecule has 0 spiro atoms. The zero-order valence-corrected chi connectivity index (χ0v) is 15.9. The van der Waals surface area contributed by atoms with Crippen molar-refractivity contribution in [2.75, 3.05) is 27.3 Å². The van der Waals surface area contributed by atoms with E-state index in [9.17, 15) is 4.79 Å². The summed E-state index contributed by atoms with van der Waals surface area (Å²) in [6, 6.07) is 5.69. The van der Waals surface area contributed by atoms with E-state index in [4.69, 9.17) is 9.47 Å². The molecule has 2 atom stereocenters. The zero-order valence-electron chi connectivity index (χ0n) is 15.9. The number of carbonyl (C=O) groups is 1. The van der Waals surface area contributed by atoms with Crippen molar-refractivity contribution in [2.45, 2.75) is 32.6 Å². The Hall–Kier alpha value is -2.14. The number of rotatable bonds is 7. The summed E-state index contributed by atoms with van der Waals surface area (Å²) in [6.45, 7) is 4.26. The Morgan fingerprint density at radius 1 is 1.27 bits per heavy atom. The van der Waals surface area contributed by atoms with Gasteiger partial charge in [-0.15, -0.1) is 0 Å². The predicted octanol–water partition coefficient (Wildman–Crippen LogP) is 3.39. The van der Waals surface area contributed by atoms with E-state index in [0.29, 0.717) is 42.0 Å². The van der Waals surface area contributed by atoms with Crippen LogP contribution in [0.15, 0.2) is 24.4 Å². The minimum absolute atomic E-state index is 0.296. The molecule has 1 N–H and O–H groups in total. The van der Waals surface area contributed by atoms with Gasteiger partial charge in [-0.1, -0.05) is 13.3 Å². The van der Waals surface area contributed by atoms with Gasteiger partial charge in [0, 0.05) is 30.5 Å². The lowest BCUT2D eigenvalue weighted by Gasteiger charge is -2.31. The molecule has 2 heterocycles. The van der Waals surface area contributed by atoms with Gasteiger partial charge in [0.2, 0.25) is 0 Å². The molecule has 1 aromatic heterocycles. The van der Waals surface area contributed by atoms with Gasteiger partial charge in [-0.2, -0.15) is 0 Å². The molecule has 0 amide bonds. The van der Waals surface area contributed by atoms with Crippen molar-refractivity contribution >= 4 is 16.7 Å². The second kappa shape index (κ2) is 8.49. The van der Waals surface area contributed by atoms with E-state index in [1.807, 2.05) is 18.2 Å². The van der Waals surface area contributed by atoms with Gasteiger partial charge in [-0.25, -0.2) is 0 Å². The Balaban J connectivity index is 1.82. The molecule has 1 aliphatic heterocycles. The third kappa shape index (κ3) is 3.98. The van der Waals surface area contributed by atoms with E-state index in [1.54, 1.807) is 20.4 Å². The van der Waals surface area contributed by atoms with Crippen LogP contribution in [0.25, 0.3) is 10.9 Å². The molecule has 1 aromatic carbocycles. The zero-order chi connectivity index (χ0) is 18.5. The molecule has 0 radical (unpaired) electrons. The monoisotopic (exact) mass is 356 g/mol. The van der Waals surface area contributed by atoms with Gasteiger partial charge >= 0.3 is 0 Å². The number of fused-ring (bicyclic) bond motifs is 1. The van der Waals surface area contributed by atoms with Crippen molar-refractivity contribution in [1.82, 2.24) is 10.3 Å². The van der Waals surface area contributed by atoms with Crippen molar-refractivity contribution in [2.24, 2.45) is 11.8 Å². The maximum atomic E-state index is 12.8. The van der Waals surface area contributed by atoms with Gasteiger partial charge in [0.15, 0.2) is 0 Å². The van der Waals surface area contributed by atoms with Crippen molar-refractivity contribution in [3.05, 3.63) is 30.0 Å². The van der Waals surface area contributed by atoms with Crippen LogP contribution in [0.4, 0.5) is 0 Å². The number of pyridine rings is 1. The van der Waals surface area contributed by atoms with Crippen molar-refractivity contribution < 1.29 is 14.3 Å². The van der Waals surface area contributed by atoms with Crippen LogP contribution in [0.3, 0.4) is 0 Å². The van der Waals surface area contributed by atoms with Gasteiger partial charge < -0.3 is 14.8 Å². The highest BCUT2D eigenvalue weighted by Crippen LogP contribution is 2.32. The summed E-state index contributed by atoms with van der Waals surface area (Å²) in [5.74, 6) is 2.76. The van der Waals surface area contributed by atoms with Crippen molar-refractivity contribution in [3.63, 3.8) is 0 Å². The fourth-order valence-corrected chi connectivity index (χ4v) is 3.98. The quantitative estimate of drug-likeness (QED) is 0.824. The van der Waals surface area contributed by atoms with Crippen LogP contribution in [0.2, 0.25) is 0 Å². The van der Waals surface area contributed by atoms with Gasteiger partial charge in [0.1, 0.15) is 22.8 Å². The molecule has 5 nitrogen and oxygen atoms in total. The highest BCUT2D eigenvalue weighted by atomic mass is 16.5. The minimum Gasteiger partial charge on any atom is -0.497 e. The third-order valence-electron chi connectivity index (χ3n) is 5.50. The standard InChI is InChI=1S/C21H28N2O3/c1-4-14-13-22-7-5-15(14)9-17(24)10-16-6-8-23-21-19(16)11-18(25-2)12-20(21)26-3/h6,8,11-12,14-15,22H,4-5,7,9-10,13H2,1-3H3/t14-,15-/m0/s1. The summed E-state index contributed by atoms with van der Waals surface area (Å²) in [4.78, 5) is 17.2. The Kier molecular flexibility index (Phi) is 6.09. The first-order valence-electron chi connectivity index (χ1n) is 9.38. The van der Waals surface area contributed by atoms with E-state index in [1.165, 1.54) is 0 Å². The first-order chi connectivity index (χ1) is 12.7. The van der Waals surface area contributed by atoms with E-state index in [2.05, 4.69) is 17.2 Å². The van der Waals surface area contributed by atoms with Crippen LogP contribution in [0.1, 0.15) is 31.7 Å². The molecule has 1 fully saturated rings. The van der Waals surface area contributed by atoms with Crippen LogP contribution in [-0.2, 0) is 11.2 Å². The van der Waals surface area contributed by atoms with Crippen molar-refractivity contribution in [3.8, 4) is 11.5 Å². The molecule has 0 saturated carbocycles.